The second-order valence-electron chi connectivity index (χ2n) is 7.33. The van der Waals surface area contributed by atoms with Gasteiger partial charge in [0.2, 0.25) is 6.79 Å². The van der Waals surface area contributed by atoms with Crippen LogP contribution in [-0.4, -0.2) is 42.6 Å². The van der Waals surface area contributed by atoms with Crippen LogP contribution in [-0.2, 0) is 16.0 Å². The van der Waals surface area contributed by atoms with Gasteiger partial charge in [-0.05, 0) is 41.5 Å². The zero-order chi connectivity index (χ0) is 20.8. The van der Waals surface area contributed by atoms with E-state index in [9.17, 15) is 9.59 Å². The molecule has 0 amide bonds. The molecule has 0 fully saturated rings. The Morgan fingerprint density at radius 1 is 1.17 bits per heavy atom. The smallest absolute Gasteiger partial charge is 0.323 e. The number of carbonyl (C=O) groups excluding carboxylic acids is 2. The number of ketones is 1. The Hall–Kier alpha value is -3.03. The maximum absolute atomic E-state index is 12.4. The molecule has 8 heteroatoms. The third-order valence-corrected chi connectivity index (χ3v) is 5.91. The van der Waals surface area contributed by atoms with Gasteiger partial charge in [-0.3, -0.25) is 14.9 Å². The Balaban J connectivity index is 1.65. The summed E-state index contributed by atoms with van der Waals surface area (Å²) in [7, 11) is 1.38. The van der Waals surface area contributed by atoms with Crippen LogP contribution in [0.15, 0.2) is 36.4 Å². The SMILES string of the molecule is COC(=O)C1Cc2c([nH]c3ccc(C(=O)CCl)cc23)C(c2ccc3c(c2)OCO3)N1. The Morgan fingerprint density at radius 3 is 2.80 bits per heavy atom. The zero-order valence-electron chi connectivity index (χ0n) is 16.2. The van der Waals surface area contributed by atoms with E-state index in [1.807, 2.05) is 30.3 Å². The van der Waals surface area contributed by atoms with Crippen LogP contribution in [0.2, 0.25) is 0 Å². The van der Waals surface area contributed by atoms with Crippen molar-refractivity contribution in [1.82, 2.24) is 10.3 Å². The van der Waals surface area contributed by atoms with Crippen LogP contribution in [0.1, 0.15) is 33.2 Å². The number of benzene rings is 2. The normalized spacial score (nSPS) is 19.5. The standard InChI is InChI=1S/C22H19ClN2O5/c1-28-22(27)16-8-14-13-6-11(17(26)9-23)2-4-15(13)24-21(14)20(25-16)12-3-5-18-19(7-12)30-10-29-18/h2-7,16,20,24-25H,8-10H2,1H3. The third kappa shape index (κ3) is 3.02. The van der Waals surface area contributed by atoms with Crippen LogP contribution in [0.4, 0.5) is 0 Å². The molecule has 3 aromatic rings. The number of alkyl halides is 1. The fourth-order valence-corrected chi connectivity index (χ4v) is 4.34. The van der Waals surface area contributed by atoms with Crippen LogP contribution >= 0.6 is 11.6 Å². The average Bonchev–Trinajstić information content (AvgIpc) is 3.40. The van der Waals surface area contributed by atoms with Crippen LogP contribution in [0.3, 0.4) is 0 Å². The molecule has 3 heterocycles. The van der Waals surface area contributed by atoms with Crippen molar-refractivity contribution in [2.45, 2.75) is 18.5 Å². The van der Waals surface area contributed by atoms with E-state index in [-0.39, 0.29) is 30.5 Å². The Labute approximate surface area is 177 Å². The minimum atomic E-state index is -0.524. The van der Waals surface area contributed by atoms with E-state index in [0.717, 1.165) is 27.7 Å². The molecule has 7 nitrogen and oxygen atoms in total. The highest BCUT2D eigenvalue weighted by atomic mass is 35.5. The topological polar surface area (TPSA) is 89.7 Å². The van der Waals surface area contributed by atoms with Gasteiger partial charge in [-0.25, -0.2) is 0 Å². The first-order valence-corrected chi connectivity index (χ1v) is 10.1. The molecular formula is C22H19ClN2O5. The van der Waals surface area contributed by atoms with Crippen molar-refractivity contribution in [3.8, 4) is 11.5 Å². The Bertz CT molecular complexity index is 1170. The number of ether oxygens (including phenoxy) is 3. The van der Waals surface area contributed by atoms with Crippen molar-refractivity contribution in [1.29, 1.82) is 0 Å². The fourth-order valence-electron chi connectivity index (χ4n) is 4.18. The van der Waals surface area contributed by atoms with Crippen LogP contribution in [0.5, 0.6) is 11.5 Å². The highest BCUT2D eigenvalue weighted by Gasteiger charge is 2.35. The maximum Gasteiger partial charge on any atom is 0.323 e. The van der Waals surface area contributed by atoms with Gasteiger partial charge in [-0.1, -0.05) is 6.07 Å². The summed E-state index contributed by atoms with van der Waals surface area (Å²) in [5.41, 5.74) is 4.29. The molecule has 0 aliphatic carbocycles. The van der Waals surface area contributed by atoms with Crippen molar-refractivity contribution >= 4 is 34.3 Å². The summed E-state index contributed by atoms with van der Waals surface area (Å²) in [5, 5.41) is 4.29. The lowest BCUT2D eigenvalue weighted by atomic mass is 9.90. The molecule has 2 N–H and O–H groups in total. The van der Waals surface area contributed by atoms with E-state index in [1.165, 1.54) is 7.11 Å². The first-order chi connectivity index (χ1) is 14.6. The van der Waals surface area contributed by atoms with Gasteiger partial charge >= 0.3 is 5.97 Å². The minimum Gasteiger partial charge on any atom is -0.468 e. The third-order valence-electron chi connectivity index (χ3n) is 5.66. The van der Waals surface area contributed by atoms with Gasteiger partial charge in [0.15, 0.2) is 17.3 Å². The summed E-state index contributed by atoms with van der Waals surface area (Å²) in [4.78, 5) is 28.0. The summed E-state index contributed by atoms with van der Waals surface area (Å²) in [6, 6.07) is 10.4. The van der Waals surface area contributed by atoms with Gasteiger partial charge in [-0.15, -0.1) is 11.6 Å². The predicted octanol–water partition coefficient (Wildman–Crippen LogP) is 3.09. The highest BCUT2D eigenvalue weighted by Crippen LogP contribution is 2.40. The Kier molecular flexibility index (Phi) is 4.64. The fraction of sp³-hybridized carbons (Fsp3) is 0.273. The van der Waals surface area contributed by atoms with Crippen LogP contribution < -0.4 is 14.8 Å². The second kappa shape index (κ2) is 7.34. The molecule has 2 aliphatic rings. The number of carbonyl (C=O) groups is 2. The molecule has 154 valence electrons. The van der Waals surface area contributed by atoms with E-state index >= 15 is 0 Å². The lowest BCUT2D eigenvalue weighted by molar-refractivity contribution is -0.143. The van der Waals surface area contributed by atoms with Gasteiger partial charge in [0.1, 0.15) is 6.04 Å². The number of H-pyrrole nitrogens is 1. The van der Waals surface area contributed by atoms with Crippen molar-refractivity contribution in [2.75, 3.05) is 19.8 Å². The van der Waals surface area contributed by atoms with Gasteiger partial charge in [0, 0.05) is 28.6 Å². The van der Waals surface area contributed by atoms with E-state index in [0.29, 0.717) is 23.5 Å². The number of esters is 1. The van der Waals surface area contributed by atoms with Gasteiger partial charge < -0.3 is 19.2 Å². The minimum absolute atomic E-state index is 0.0791. The van der Waals surface area contributed by atoms with E-state index < -0.39 is 6.04 Å². The molecular weight excluding hydrogens is 408 g/mol. The van der Waals surface area contributed by atoms with Crippen LogP contribution in [0, 0.1) is 0 Å². The molecule has 2 unspecified atom stereocenters. The number of halogens is 1. The zero-order valence-corrected chi connectivity index (χ0v) is 16.9. The largest absolute Gasteiger partial charge is 0.468 e. The van der Waals surface area contributed by atoms with Gasteiger partial charge in [-0.2, -0.15) is 0 Å². The second-order valence-corrected chi connectivity index (χ2v) is 7.59. The number of methoxy groups -OCH3 is 1. The van der Waals surface area contributed by atoms with Crippen molar-refractivity contribution in [2.24, 2.45) is 0 Å². The van der Waals surface area contributed by atoms with Gasteiger partial charge in [0.25, 0.3) is 0 Å². The molecule has 0 radical (unpaired) electrons. The first-order valence-electron chi connectivity index (χ1n) is 9.56. The average molecular weight is 427 g/mol. The lowest BCUT2D eigenvalue weighted by Crippen LogP contribution is -2.45. The molecule has 0 spiro atoms. The monoisotopic (exact) mass is 426 g/mol. The molecule has 0 saturated carbocycles. The molecule has 2 aliphatic heterocycles. The quantitative estimate of drug-likeness (QED) is 0.378. The molecule has 5 rings (SSSR count). The van der Waals surface area contributed by atoms with Crippen molar-refractivity contribution < 1.29 is 23.8 Å². The number of hydrogen-bond donors (Lipinski definition) is 2. The molecule has 0 saturated heterocycles. The van der Waals surface area contributed by atoms with Crippen LogP contribution in [0.25, 0.3) is 10.9 Å². The maximum atomic E-state index is 12.4. The summed E-state index contributed by atoms with van der Waals surface area (Å²) < 4.78 is 15.9. The van der Waals surface area contributed by atoms with Gasteiger partial charge in [0.05, 0.1) is 19.0 Å². The molecule has 1 aromatic heterocycles. The number of nitrogens with one attached hydrogen (secondary N) is 2. The Morgan fingerprint density at radius 2 is 2.00 bits per heavy atom. The number of fused-ring (bicyclic) bond motifs is 4. The number of Topliss-reactive ketones (excluding diaryl/α,β-unsaturated/α-hetero) is 1. The molecule has 2 atom stereocenters. The van der Waals surface area contributed by atoms with E-state index in [1.54, 1.807) is 6.07 Å². The van der Waals surface area contributed by atoms with Crippen molar-refractivity contribution in [3.63, 3.8) is 0 Å². The number of hydrogen-bond acceptors (Lipinski definition) is 6. The number of aromatic nitrogens is 1. The summed E-state index contributed by atoms with van der Waals surface area (Å²) in [6.45, 7) is 0.191. The summed E-state index contributed by atoms with van der Waals surface area (Å²) in [6.07, 6.45) is 0.446. The van der Waals surface area contributed by atoms with Crippen molar-refractivity contribution in [3.05, 3.63) is 58.8 Å². The highest BCUT2D eigenvalue weighted by molar-refractivity contribution is 6.30. The number of rotatable bonds is 4. The summed E-state index contributed by atoms with van der Waals surface area (Å²) >= 11 is 5.74. The molecule has 2 aromatic carbocycles. The summed E-state index contributed by atoms with van der Waals surface area (Å²) in [5.74, 6) is 0.805. The predicted molar refractivity (Wildman–Crippen MR) is 110 cm³/mol. The lowest BCUT2D eigenvalue weighted by Gasteiger charge is -2.30. The molecule has 0 bridgehead atoms. The van der Waals surface area contributed by atoms with E-state index in [4.69, 9.17) is 25.8 Å². The number of aromatic amines is 1. The molecule has 30 heavy (non-hydrogen) atoms. The van der Waals surface area contributed by atoms with E-state index in [2.05, 4.69) is 10.3 Å². The first kappa shape index (κ1) is 19.0.